The molecule has 168 valence electrons. The second-order valence-corrected chi connectivity index (χ2v) is 7.88. The molecule has 0 spiro atoms. The monoisotopic (exact) mass is 443 g/mol. The van der Waals surface area contributed by atoms with E-state index in [0.717, 1.165) is 33.0 Å². The van der Waals surface area contributed by atoms with Gasteiger partial charge >= 0.3 is 5.69 Å². The van der Waals surface area contributed by atoms with Gasteiger partial charge in [0, 0.05) is 35.8 Å². The Labute approximate surface area is 190 Å². The number of benzene rings is 2. The lowest BCUT2D eigenvalue weighted by atomic mass is 10.1. The molecule has 4 aromatic rings. The Kier molecular flexibility index (Phi) is 6.40. The summed E-state index contributed by atoms with van der Waals surface area (Å²) in [6.45, 7) is 2.83. The molecule has 0 unspecified atom stereocenters. The lowest BCUT2D eigenvalue weighted by Gasteiger charge is -2.09. The Morgan fingerprint density at radius 3 is 2.55 bits per heavy atom. The van der Waals surface area contributed by atoms with Crippen LogP contribution in [0.15, 0.2) is 76.5 Å². The Balaban J connectivity index is 1.69. The summed E-state index contributed by atoms with van der Waals surface area (Å²) < 4.78 is 3.13. The van der Waals surface area contributed by atoms with Gasteiger partial charge in [-0.2, -0.15) is 0 Å². The molecule has 0 saturated carbocycles. The minimum Gasteiger partial charge on any atom is -0.494 e. The average molecular weight is 444 g/mol. The maximum Gasteiger partial charge on any atom is 0.331 e. The zero-order chi connectivity index (χ0) is 23.4. The van der Waals surface area contributed by atoms with Gasteiger partial charge in [-0.3, -0.25) is 19.1 Å². The Hall–Kier alpha value is -4.13. The van der Waals surface area contributed by atoms with Gasteiger partial charge in [0.05, 0.1) is 0 Å². The van der Waals surface area contributed by atoms with Crippen molar-refractivity contribution in [3.8, 4) is 5.88 Å². The molecule has 0 radical (unpaired) electrons. The van der Waals surface area contributed by atoms with Crippen LogP contribution in [0.1, 0.15) is 41.3 Å². The number of carbonyl (C=O) groups is 1. The van der Waals surface area contributed by atoms with Gasteiger partial charge in [0.2, 0.25) is 5.88 Å². The molecule has 0 aliphatic carbocycles. The Morgan fingerprint density at radius 2 is 1.79 bits per heavy atom. The van der Waals surface area contributed by atoms with E-state index in [-0.39, 0.29) is 6.54 Å². The van der Waals surface area contributed by atoms with Crippen molar-refractivity contribution < 1.29 is 9.90 Å². The summed E-state index contributed by atoms with van der Waals surface area (Å²) in [5, 5.41) is 11.4. The zero-order valence-corrected chi connectivity index (χ0v) is 18.3. The van der Waals surface area contributed by atoms with Crippen molar-refractivity contribution in [3.05, 3.63) is 104 Å². The van der Waals surface area contributed by atoms with Crippen LogP contribution >= 0.6 is 0 Å². The number of aromatic nitrogens is 3. The molecule has 0 bridgehead atoms. The first kappa shape index (κ1) is 22.1. The summed E-state index contributed by atoms with van der Waals surface area (Å²) in [4.78, 5) is 39.3. The van der Waals surface area contributed by atoms with Crippen molar-refractivity contribution in [2.45, 2.75) is 32.9 Å². The van der Waals surface area contributed by atoms with E-state index in [0.29, 0.717) is 13.0 Å². The largest absolute Gasteiger partial charge is 0.494 e. The molecule has 0 saturated heterocycles. The van der Waals surface area contributed by atoms with Gasteiger partial charge in [0.1, 0.15) is 5.56 Å². The van der Waals surface area contributed by atoms with Crippen molar-refractivity contribution in [2.24, 2.45) is 0 Å². The number of fused-ring (bicyclic) bond motifs is 1. The number of allylic oxidation sites excluding steroid dienone is 1. The zero-order valence-electron chi connectivity index (χ0n) is 18.3. The average Bonchev–Trinajstić information content (AvgIpc) is 3.15. The fraction of sp³-hybridized carbons (Fsp3) is 0.192. The van der Waals surface area contributed by atoms with Crippen LogP contribution in [0.3, 0.4) is 0 Å². The maximum atomic E-state index is 12.8. The SMILES string of the molecule is CCCCn1c(O)c(C(=O)C=Cc2cn(Cc3ccccc3)c3ccccc23)c(=O)[nH]c1=O. The van der Waals surface area contributed by atoms with Crippen molar-refractivity contribution in [1.82, 2.24) is 14.1 Å². The first-order valence-electron chi connectivity index (χ1n) is 10.9. The number of para-hydroxylation sites is 1. The first-order chi connectivity index (χ1) is 16.0. The van der Waals surface area contributed by atoms with E-state index in [2.05, 4.69) is 21.7 Å². The van der Waals surface area contributed by atoms with Crippen LogP contribution in [0.2, 0.25) is 0 Å². The van der Waals surface area contributed by atoms with Gasteiger partial charge in [-0.15, -0.1) is 0 Å². The lowest BCUT2D eigenvalue weighted by molar-refractivity contribution is 0.104. The van der Waals surface area contributed by atoms with E-state index in [4.69, 9.17) is 0 Å². The second kappa shape index (κ2) is 9.56. The molecule has 2 heterocycles. The highest BCUT2D eigenvalue weighted by atomic mass is 16.3. The third-order valence-corrected chi connectivity index (χ3v) is 5.58. The van der Waals surface area contributed by atoms with Crippen LogP contribution in [-0.2, 0) is 13.1 Å². The third kappa shape index (κ3) is 4.57. The number of ketones is 1. The van der Waals surface area contributed by atoms with Gasteiger partial charge < -0.3 is 9.67 Å². The summed E-state index contributed by atoms with van der Waals surface area (Å²) in [5.41, 5.74) is 0.917. The minimum absolute atomic E-state index is 0.217. The smallest absolute Gasteiger partial charge is 0.331 e. The standard InChI is InChI=1S/C26H25N3O4/c1-2-3-15-29-25(32)23(24(31)27-26(29)33)22(30)14-13-19-17-28(16-18-9-5-4-6-10-18)21-12-8-7-11-20(19)21/h4-14,17,32H,2-3,15-16H2,1H3,(H,27,31,33). The molecule has 0 fully saturated rings. The van der Waals surface area contributed by atoms with Crippen LogP contribution in [0.25, 0.3) is 17.0 Å². The summed E-state index contributed by atoms with van der Waals surface area (Å²) in [6.07, 6.45) is 6.26. The number of nitrogens with one attached hydrogen (secondary N) is 1. The van der Waals surface area contributed by atoms with E-state index in [9.17, 15) is 19.5 Å². The number of unbranched alkanes of at least 4 members (excludes halogenated alkanes) is 1. The quantitative estimate of drug-likeness (QED) is 0.318. The maximum absolute atomic E-state index is 12.8. The number of H-pyrrole nitrogens is 1. The van der Waals surface area contributed by atoms with Crippen LogP contribution < -0.4 is 11.2 Å². The molecule has 33 heavy (non-hydrogen) atoms. The van der Waals surface area contributed by atoms with Crippen LogP contribution in [-0.4, -0.2) is 25.0 Å². The predicted octanol–water partition coefficient (Wildman–Crippen LogP) is 3.94. The number of rotatable bonds is 8. The van der Waals surface area contributed by atoms with E-state index in [1.807, 2.05) is 55.6 Å². The number of hydrogen-bond acceptors (Lipinski definition) is 4. The summed E-state index contributed by atoms with van der Waals surface area (Å²) >= 11 is 0. The number of carbonyl (C=O) groups excluding carboxylic acids is 1. The van der Waals surface area contributed by atoms with Crippen molar-refractivity contribution >= 4 is 22.8 Å². The van der Waals surface area contributed by atoms with Gasteiger partial charge in [-0.1, -0.05) is 61.9 Å². The first-order valence-corrected chi connectivity index (χ1v) is 10.9. The molecule has 7 nitrogen and oxygen atoms in total. The summed E-state index contributed by atoms with van der Waals surface area (Å²) in [6, 6.07) is 17.9. The fourth-order valence-electron chi connectivity index (χ4n) is 3.87. The summed E-state index contributed by atoms with van der Waals surface area (Å²) in [5.74, 6) is -1.27. The number of nitrogens with zero attached hydrogens (tertiary/aromatic N) is 2. The highest BCUT2D eigenvalue weighted by Gasteiger charge is 2.19. The Morgan fingerprint density at radius 1 is 1.06 bits per heavy atom. The van der Waals surface area contributed by atoms with Crippen molar-refractivity contribution in [1.29, 1.82) is 0 Å². The molecular formula is C26H25N3O4. The number of hydrogen-bond donors (Lipinski definition) is 2. The third-order valence-electron chi connectivity index (χ3n) is 5.58. The van der Waals surface area contributed by atoms with E-state index in [1.165, 1.54) is 6.08 Å². The molecule has 0 aliphatic heterocycles. The molecule has 0 aliphatic rings. The van der Waals surface area contributed by atoms with Gasteiger partial charge in [-0.25, -0.2) is 4.79 Å². The Bertz CT molecular complexity index is 1440. The predicted molar refractivity (Wildman–Crippen MR) is 129 cm³/mol. The molecule has 2 N–H and O–H groups in total. The minimum atomic E-state index is -0.897. The normalized spacial score (nSPS) is 11.4. The molecule has 7 heteroatoms. The summed E-state index contributed by atoms with van der Waals surface area (Å²) in [7, 11) is 0. The topological polar surface area (TPSA) is 97.1 Å². The molecule has 0 atom stereocenters. The van der Waals surface area contributed by atoms with Crippen LogP contribution in [0.5, 0.6) is 5.88 Å². The number of aromatic amines is 1. The van der Waals surface area contributed by atoms with Crippen LogP contribution in [0, 0.1) is 0 Å². The van der Waals surface area contributed by atoms with Gasteiger partial charge in [-0.05, 0) is 30.2 Å². The molecular weight excluding hydrogens is 418 g/mol. The van der Waals surface area contributed by atoms with Crippen molar-refractivity contribution in [2.75, 3.05) is 0 Å². The lowest BCUT2D eigenvalue weighted by Crippen LogP contribution is -2.33. The fourth-order valence-corrected chi connectivity index (χ4v) is 3.87. The molecule has 2 aromatic heterocycles. The highest BCUT2D eigenvalue weighted by molar-refractivity contribution is 6.08. The van der Waals surface area contributed by atoms with E-state index in [1.54, 1.807) is 6.08 Å². The second-order valence-electron chi connectivity index (χ2n) is 7.88. The van der Waals surface area contributed by atoms with E-state index < -0.39 is 28.5 Å². The van der Waals surface area contributed by atoms with Crippen molar-refractivity contribution in [3.63, 3.8) is 0 Å². The molecule has 2 aromatic carbocycles. The van der Waals surface area contributed by atoms with Gasteiger partial charge in [0.25, 0.3) is 5.56 Å². The van der Waals surface area contributed by atoms with Crippen LogP contribution in [0.4, 0.5) is 0 Å². The van der Waals surface area contributed by atoms with Gasteiger partial charge in [0.15, 0.2) is 5.78 Å². The van der Waals surface area contributed by atoms with E-state index >= 15 is 0 Å². The number of aromatic hydroxyl groups is 1. The molecule has 4 rings (SSSR count). The highest BCUT2D eigenvalue weighted by Crippen LogP contribution is 2.24. The molecule has 0 amide bonds.